The molecule has 0 radical (unpaired) electrons. The molecule has 0 bridgehead atoms. The Kier molecular flexibility index (Phi) is 7.69. The number of benzene rings is 1. The number of Topliss-reactive ketones (excluding diaryl/α,β-unsaturated/α-hetero) is 1. The van der Waals surface area contributed by atoms with E-state index in [0.29, 0.717) is 24.1 Å². The van der Waals surface area contributed by atoms with Gasteiger partial charge in [-0.3, -0.25) is 13.9 Å². The van der Waals surface area contributed by atoms with Gasteiger partial charge in [0, 0.05) is 25.4 Å². The van der Waals surface area contributed by atoms with Crippen molar-refractivity contribution in [3.8, 4) is 0 Å². The molecular weight excluding hydrogens is 466 g/mol. The number of nitrogens with zero attached hydrogens (tertiary/aromatic N) is 3. The van der Waals surface area contributed by atoms with Crippen molar-refractivity contribution in [1.82, 2.24) is 9.97 Å². The number of hydrogen-bond acceptors (Lipinski definition) is 7. The van der Waals surface area contributed by atoms with Crippen molar-refractivity contribution in [2.75, 3.05) is 11.4 Å². The van der Waals surface area contributed by atoms with Crippen LogP contribution in [0.2, 0.25) is 0 Å². The number of anilines is 1. The maximum atomic E-state index is 13.8. The Morgan fingerprint density at radius 2 is 1.66 bits per heavy atom. The molecule has 0 aliphatic carbocycles. The minimum Gasteiger partial charge on any atom is -0.450 e. The van der Waals surface area contributed by atoms with Crippen LogP contribution in [0.1, 0.15) is 71.8 Å². The van der Waals surface area contributed by atoms with Crippen molar-refractivity contribution in [3.63, 3.8) is 0 Å². The molecule has 2 aromatic rings. The van der Waals surface area contributed by atoms with Crippen LogP contribution in [0.4, 0.5) is 5.69 Å². The topological polar surface area (TPSA) is 107 Å². The van der Waals surface area contributed by atoms with Gasteiger partial charge in [-0.15, -0.1) is 0 Å². The summed E-state index contributed by atoms with van der Waals surface area (Å²) in [5.74, 6) is -2.12. The zero-order chi connectivity index (χ0) is 26.0. The molecule has 0 N–H and O–H groups in total. The van der Waals surface area contributed by atoms with Gasteiger partial charge in [0.2, 0.25) is 0 Å². The summed E-state index contributed by atoms with van der Waals surface area (Å²) in [6.45, 7) is 9.88. The fourth-order valence-electron chi connectivity index (χ4n) is 5.05. The highest BCUT2D eigenvalue weighted by Crippen LogP contribution is 2.49. The standard InChI is InChI=1S/C26H35N3O5S/c1-7-13-26(14-8-2)22(30)20(23(31)34-26)21(25(3,4)5)18-11-9-12-19(17-18)29(6)35(32,33)24-27-15-10-16-28-24/h9-12,15-17,20-21H,7-8,13-14H2,1-6H3. The summed E-state index contributed by atoms with van der Waals surface area (Å²) in [6.07, 6.45) is 5.19. The van der Waals surface area contributed by atoms with Crippen LogP contribution in [0.25, 0.3) is 0 Å². The molecular formula is C26H35N3O5S. The number of sulfonamides is 1. The van der Waals surface area contributed by atoms with E-state index in [-0.39, 0.29) is 10.9 Å². The lowest BCUT2D eigenvalue weighted by Crippen LogP contribution is -2.40. The van der Waals surface area contributed by atoms with Crippen LogP contribution >= 0.6 is 0 Å². The van der Waals surface area contributed by atoms with Crippen molar-refractivity contribution < 1.29 is 22.7 Å². The fraction of sp³-hybridized carbons (Fsp3) is 0.538. The van der Waals surface area contributed by atoms with E-state index >= 15 is 0 Å². The molecule has 1 aromatic heterocycles. The Hall–Kier alpha value is -2.81. The van der Waals surface area contributed by atoms with E-state index in [1.807, 2.05) is 40.7 Å². The zero-order valence-electron chi connectivity index (χ0n) is 21.3. The van der Waals surface area contributed by atoms with Crippen molar-refractivity contribution in [2.24, 2.45) is 11.3 Å². The molecule has 8 nitrogen and oxygen atoms in total. The average molecular weight is 502 g/mol. The minimum atomic E-state index is -3.99. The number of esters is 1. The third-order valence-corrected chi connectivity index (χ3v) is 8.19. The van der Waals surface area contributed by atoms with Crippen LogP contribution in [-0.2, 0) is 24.3 Å². The van der Waals surface area contributed by atoms with Crippen LogP contribution in [0, 0.1) is 11.3 Å². The van der Waals surface area contributed by atoms with E-state index in [0.717, 1.165) is 17.1 Å². The van der Waals surface area contributed by atoms with Crippen LogP contribution in [0.3, 0.4) is 0 Å². The second-order valence-corrected chi connectivity index (χ2v) is 12.1. The van der Waals surface area contributed by atoms with Crippen LogP contribution in [0.15, 0.2) is 47.9 Å². The summed E-state index contributed by atoms with van der Waals surface area (Å²) in [4.78, 5) is 34.7. The summed E-state index contributed by atoms with van der Waals surface area (Å²) < 4.78 is 33.1. The number of cyclic esters (lactones) is 1. The highest BCUT2D eigenvalue weighted by Gasteiger charge is 2.58. The third-order valence-electron chi connectivity index (χ3n) is 6.58. The van der Waals surface area contributed by atoms with E-state index in [2.05, 4.69) is 9.97 Å². The Balaban J connectivity index is 2.06. The van der Waals surface area contributed by atoms with Gasteiger partial charge in [0.1, 0.15) is 5.92 Å². The Morgan fingerprint density at radius 1 is 1.06 bits per heavy atom. The molecule has 3 rings (SSSR count). The summed E-state index contributed by atoms with van der Waals surface area (Å²) in [5.41, 5.74) is -0.481. The monoisotopic (exact) mass is 501 g/mol. The second kappa shape index (κ2) is 10.0. The number of hydrogen-bond donors (Lipinski definition) is 0. The number of carbonyl (C=O) groups is 2. The summed E-state index contributed by atoms with van der Waals surface area (Å²) in [6, 6.07) is 8.49. The summed E-state index contributed by atoms with van der Waals surface area (Å²) in [5, 5.41) is -0.307. The molecule has 1 fully saturated rings. The van der Waals surface area contributed by atoms with E-state index in [1.165, 1.54) is 19.4 Å². The molecule has 1 saturated heterocycles. The maximum Gasteiger partial charge on any atom is 0.318 e. The van der Waals surface area contributed by atoms with Gasteiger partial charge in [0.25, 0.3) is 15.2 Å². The summed E-state index contributed by atoms with van der Waals surface area (Å²) >= 11 is 0. The Bertz CT molecular complexity index is 1170. The third kappa shape index (κ3) is 5.10. The first-order chi connectivity index (χ1) is 16.4. The molecule has 0 saturated carbocycles. The van der Waals surface area contributed by atoms with E-state index < -0.39 is 38.8 Å². The van der Waals surface area contributed by atoms with Gasteiger partial charge in [-0.1, -0.05) is 59.6 Å². The largest absolute Gasteiger partial charge is 0.450 e. The van der Waals surface area contributed by atoms with Gasteiger partial charge in [0.05, 0.1) is 5.69 Å². The molecule has 0 spiro atoms. The molecule has 2 unspecified atom stereocenters. The first-order valence-electron chi connectivity index (χ1n) is 12.0. The molecule has 2 atom stereocenters. The van der Waals surface area contributed by atoms with Gasteiger partial charge >= 0.3 is 5.97 Å². The predicted molar refractivity (Wildman–Crippen MR) is 133 cm³/mol. The van der Waals surface area contributed by atoms with Crippen LogP contribution < -0.4 is 4.31 Å². The van der Waals surface area contributed by atoms with E-state index in [4.69, 9.17) is 4.74 Å². The molecule has 1 aliphatic rings. The minimum absolute atomic E-state index is 0.171. The SMILES string of the molecule is CCCC1(CCC)OC(=O)C(C(c2cccc(N(C)S(=O)(=O)c3ncccn3)c2)C(C)(C)C)C1=O. The van der Waals surface area contributed by atoms with Crippen LogP contribution in [0.5, 0.6) is 0 Å². The first-order valence-corrected chi connectivity index (χ1v) is 13.5. The molecule has 190 valence electrons. The van der Waals surface area contributed by atoms with Gasteiger partial charge in [0.15, 0.2) is 11.4 Å². The van der Waals surface area contributed by atoms with Gasteiger partial charge in [-0.25, -0.2) is 9.97 Å². The van der Waals surface area contributed by atoms with E-state index in [1.54, 1.807) is 24.3 Å². The molecule has 1 aromatic carbocycles. The highest BCUT2D eigenvalue weighted by molar-refractivity contribution is 7.92. The smallest absolute Gasteiger partial charge is 0.318 e. The predicted octanol–water partition coefficient (Wildman–Crippen LogP) is 4.51. The quantitative estimate of drug-likeness (QED) is 0.283. The summed E-state index contributed by atoms with van der Waals surface area (Å²) in [7, 11) is -2.56. The Morgan fingerprint density at radius 3 is 2.20 bits per heavy atom. The molecule has 35 heavy (non-hydrogen) atoms. The van der Waals surface area contributed by atoms with Crippen molar-refractivity contribution >= 4 is 27.5 Å². The lowest BCUT2D eigenvalue weighted by atomic mass is 9.66. The lowest BCUT2D eigenvalue weighted by molar-refractivity contribution is -0.154. The molecule has 1 aliphatic heterocycles. The maximum absolute atomic E-state index is 13.8. The average Bonchev–Trinajstić information content (AvgIpc) is 3.03. The van der Waals surface area contributed by atoms with Gasteiger partial charge < -0.3 is 4.74 Å². The number of ether oxygens (including phenoxy) is 1. The number of ketones is 1. The molecule has 0 amide bonds. The first kappa shape index (κ1) is 26.8. The van der Waals surface area contributed by atoms with Crippen molar-refractivity contribution in [1.29, 1.82) is 0 Å². The fourth-order valence-corrected chi connectivity index (χ4v) is 6.08. The van der Waals surface area contributed by atoms with Crippen LogP contribution in [-0.4, -0.2) is 42.8 Å². The van der Waals surface area contributed by atoms with Gasteiger partial charge in [-0.05, 0) is 42.0 Å². The zero-order valence-corrected chi connectivity index (χ0v) is 22.1. The Labute approximate surface area is 208 Å². The lowest BCUT2D eigenvalue weighted by Gasteiger charge is -2.34. The van der Waals surface area contributed by atoms with E-state index in [9.17, 15) is 18.0 Å². The highest BCUT2D eigenvalue weighted by atomic mass is 32.2. The number of carbonyl (C=O) groups excluding carboxylic acids is 2. The van der Waals surface area contributed by atoms with Crippen molar-refractivity contribution in [3.05, 3.63) is 48.3 Å². The normalized spacial score (nSPS) is 18.9. The van der Waals surface area contributed by atoms with Crippen molar-refractivity contribution in [2.45, 2.75) is 77.0 Å². The molecule has 2 heterocycles. The van der Waals surface area contributed by atoms with Gasteiger partial charge in [-0.2, -0.15) is 8.42 Å². The number of aromatic nitrogens is 2. The second-order valence-electron chi connectivity index (χ2n) is 10.2. The molecule has 9 heteroatoms. The number of rotatable bonds is 9.